The van der Waals surface area contributed by atoms with E-state index in [1.54, 1.807) is 18.2 Å². The zero-order valence-electron chi connectivity index (χ0n) is 12.4. The lowest BCUT2D eigenvalue weighted by Crippen LogP contribution is -2.25. The molecule has 1 rings (SSSR count). The van der Waals surface area contributed by atoms with E-state index in [0.717, 1.165) is 6.54 Å². The molecule has 0 spiro atoms. The predicted molar refractivity (Wildman–Crippen MR) is 79.3 cm³/mol. The molecule has 3 N–H and O–H groups in total. The molecule has 4 nitrogen and oxygen atoms in total. The molecule has 0 saturated carbocycles. The number of hydrogen-bond donors (Lipinski definition) is 2. The van der Waals surface area contributed by atoms with Crippen LogP contribution in [0.1, 0.15) is 38.1 Å². The quantitative estimate of drug-likeness (QED) is 0.647. The molecular weight excluding hydrogens is 240 g/mol. The van der Waals surface area contributed by atoms with Crippen LogP contribution in [0.2, 0.25) is 0 Å². The molecule has 0 saturated heterocycles. The average Bonchev–Trinajstić information content (AvgIpc) is 2.34. The Morgan fingerprint density at radius 1 is 1.42 bits per heavy atom. The fourth-order valence-electron chi connectivity index (χ4n) is 1.61. The highest BCUT2D eigenvalue weighted by molar-refractivity contribution is 5.98. The van der Waals surface area contributed by atoms with Crippen LogP contribution in [0.25, 0.3) is 0 Å². The maximum Gasteiger partial charge on any atom is 0.340 e. The third-order valence-corrected chi connectivity index (χ3v) is 3.57. The maximum atomic E-state index is 11.7. The minimum atomic E-state index is -0.377. The number of nitrogen functional groups attached to an aromatic ring is 1. The number of nitrogens with one attached hydrogen (secondary N) is 1. The van der Waals surface area contributed by atoms with E-state index in [0.29, 0.717) is 22.9 Å². The Kier molecular flexibility index (Phi) is 4.81. The number of carbonyl (C=O) groups is 1. The van der Waals surface area contributed by atoms with Crippen LogP contribution in [-0.4, -0.2) is 19.6 Å². The molecule has 1 atom stereocenters. The highest BCUT2D eigenvalue weighted by Crippen LogP contribution is 2.28. The van der Waals surface area contributed by atoms with Crippen molar-refractivity contribution in [3.8, 4) is 0 Å². The van der Waals surface area contributed by atoms with Crippen molar-refractivity contribution in [3.05, 3.63) is 23.8 Å². The molecule has 0 bridgehead atoms. The molecule has 0 aliphatic rings. The van der Waals surface area contributed by atoms with E-state index in [4.69, 9.17) is 10.5 Å². The molecule has 0 amide bonds. The third kappa shape index (κ3) is 3.88. The van der Waals surface area contributed by atoms with Gasteiger partial charge in [-0.15, -0.1) is 0 Å². The topological polar surface area (TPSA) is 64.3 Å². The fraction of sp³-hybridized carbons (Fsp3) is 0.533. The van der Waals surface area contributed by atoms with Crippen molar-refractivity contribution in [3.63, 3.8) is 0 Å². The van der Waals surface area contributed by atoms with E-state index < -0.39 is 0 Å². The van der Waals surface area contributed by atoms with Gasteiger partial charge in [0.2, 0.25) is 0 Å². The first-order chi connectivity index (χ1) is 8.77. The van der Waals surface area contributed by atoms with Crippen LogP contribution < -0.4 is 11.1 Å². The number of methoxy groups -OCH3 is 1. The van der Waals surface area contributed by atoms with Gasteiger partial charge in [-0.05, 0) is 23.5 Å². The van der Waals surface area contributed by atoms with Gasteiger partial charge in [-0.2, -0.15) is 0 Å². The van der Waals surface area contributed by atoms with E-state index >= 15 is 0 Å². The van der Waals surface area contributed by atoms with Crippen LogP contribution in [0.15, 0.2) is 18.2 Å². The Balaban J connectivity index is 2.92. The van der Waals surface area contributed by atoms with Gasteiger partial charge in [0.15, 0.2) is 0 Å². The van der Waals surface area contributed by atoms with Gasteiger partial charge in [0.1, 0.15) is 0 Å². The van der Waals surface area contributed by atoms with Gasteiger partial charge in [0, 0.05) is 6.54 Å². The summed E-state index contributed by atoms with van der Waals surface area (Å²) in [5, 5.41) is 3.28. The molecule has 106 valence electrons. The lowest BCUT2D eigenvalue weighted by molar-refractivity contribution is 0.0602. The standard InChI is InChI=1S/C15H24N2O2/c1-10(15(2,3)4)9-17-13-11(14(18)19-5)7-6-8-12(13)16/h6-8,10,17H,9,16H2,1-5H3. The zero-order valence-corrected chi connectivity index (χ0v) is 12.4. The van der Waals surface area contributed by atoms with Crippen molar-refractivity contribution >= 4 is 17.3 Å². The van der Waals surface area contributed by atoms with Crippen LogP contribution in [0.3, 0.4) is 0 Å². The minimum absolute atomic E-state index is 0.196. The van der Waals surface area contributed by atoms with Crippen molar-refractivity contribution in [2.75, 3.05) is 24.7 Å². The third-order valence-electron chi connectivity index (χ3n) is 3.57. The summed E-state index contributed by atoms with van der Waals surface area (Å²) in [6.45, 7) is 9.49. The van der Waals surface area contributed by atoms with E-state index in [1.807, 2.05) is 0 Å². The Bertz CT molecular complexity index is 450. The summed E-state index contributed by atoms with van der Waals surface area (Å²) < 4.78 is 4.77. The molecule has 0 fully saturated rings. The highest BCUT2D eigenvalue weighted by atomic mass is 16.5. The molecule has 1 aromatic rings. The smallest absolute Gasteiger partial charge is 0.340 e. The molecule has 0 aliphatic carbocycles. The first-order valence-corrected chi connectivity index (χ1v) is 6.48. The number of rotatable bonds is 4. The van der Waals surface area contributed by atoms with E-state index in [9.17, 15) is 4.79 Å². The Labute approximate surface area is 115 Å². The van der Waals surface area contributed by atoms with Crippen LogP contribution in [-0.2, 0) is 4.74 Å². The van der Waals surface area contributed by atoms with Gasteiger partial charge in [-0.3, -0.25) is 0 Å². The second kappa shape index (κ2) is 5.95. The number of benzene rings is 1. The fourth-order valence-corrected chi connectivity index (χ4v) is 1.61. The predicted octanol–water partition coefficient (Wildman–Crippen LogP) is 3.15. The maximum absolute atomic E-state index is 11.7. The molecule has 1 unspecified atom stereocenters. The number of nitrogens with two attached hydrogens (primary N) is 1. The SMILES string of the molecule is COC(=O)c1cccc(N)c1NCC(C)C(C)(C)C. The first-order valence-electron chi connectivity index (χ1n) is 6.48. The van der Waals surface area contributed by atoms with Crippen LogP contribution >= 0.6 is 0 Å². The molecule has 4 heteroatoms. The Morgan fingerprint density at radius 3 is 2.58 bits per heavy atom. The van der Waals surface area contributed by atoms with Crippen molar-refractivity contribution in [1.82, 2.24) is 0 Å². The molecule has 0 heterocycles. The number of anilines is 2. The van der Waals surface area contributed by atoms with Crippen molar-refractivity contribution < 1.29 is 9.53 Å². The van der Waals surface area contributed by atoms with Crippen molar-refractivity contribution in [2.24, 2.45) is 11.3 Å². The summed E-state index contributed by atoms with van der Waals surface area (Å²) in [7, 11) is 1.37. The van der Waals surface area contributed by atoms with Gasteiger partial charge in [0.25, 0.3) is 0 Å². The largest absolute Gasteiger partial charge is 0.465 e. The number of hydrogen-bond acceptors (Lipinski definition) is 4. The van der Waals surface area contributed by atoms with Gasteiger partial charge in [0.05, 0.1) is 24.0 Å². The number of esters is 1. The second-order valence-corrected chi connectivity index (χ2v) is 5.91. The number of para-hydroxylation sites is 1. The van der Waals surface area contributed by atoms with Crippen LogP contribution in [0, 0.1) is 11.3 Å². The van der Waals surface area contributed by atoms with Gasteiger partial charge >= 0.3 is 5.97 Å². The normalized spacial score (nSPS) is 12.9. The van der Waals surface area contributed by atoms with Crippen LogP contribution in [0.5, 0.6) is 0 Å². The summed E-state index contributed by atoms with van der Waals surface area (Å²) in [5.74, 6) is 0.0656. The molecule has 0 aromatic heterocycles. The summed E-state index contributed by atoms with van der Waals surface area (Å²) in [5.41, 5.74) is 7.83. The zero-order chi connectivity index (χ0) is 14.6. The van der Waals surface area contributed by atoms with Gasteiger partial charge < -0.3 is 15.8 Å². The Hall–Kier alpha value is -1.71. The second-order valence-electron chi connectivity index (χ2n) is 5.91. The Morgan fingerprint density at radius 2 is 2.05 bits per heavy atom. The van der Waals surface area contributed by atoms with Crippen molar-refractivity contribution in [2.45, 2.75) is 27.7 Å². The summed E-state index contributed by atoms with van der Waals surface area (Å²) >= 11 is 0. The van der Waals surface area contributed by atoms with Gasteiger partial charge in [-0.1, -0.05) is 33.8 Å². The molecular formula is C15H24N2O2. The van der Waals surface area contributed by atoms with E-state index in [2.05, 4.69) is 33.0 Å². The van der Waals surface area contributed by atoms with Crippen LogP contribution in [0.4, 0.5) is 11.4 Å². The lowest BCUT2D eigenvalue weighted by Gasteiger charge is -2.28. The lowest BCUT2D eigenvalue weighted by atomic mass is 9.82. The average molecular weight is 264 g/mol. The van der Waals surface area contributed by atoms with E-state index in [-0.39, 0.29) is 11.4 Å². The number of ether oxygens (including phenoxy) is 1. The van der Waals surface area contributed by atoms with Gasteiger partial charge in [-0.25, -0.2) is 4.79 Å². The van der Waals surface area contributed by atoms with E-state index in [1.165, 1.54) is 7.11 Å². The first kappa shape index (κ1) is 15.3. The number of carbonyl (C=O) groups excluding carboxylic acids is 1. The monoisotopic (exact) mass is 264 g/mol. The summed E-state index contributed by atoms with van der Waals surface area (Å²) in [4.78, 5) is 11.7. The minimum Gasteiger partial charge on any atom is -0.465 e. The molecule has 1 aromatic carbocycles. The molecule has 0 radical (unpaired) electrons. The highest BCUT2D eigenvalue weighted by Gasteiger charge is 2.21. The molecule has 19 heavy (non-hydrogen) atoms. The summed E-state index contributed by atoms with van der Waals surface area (Å²) in [6, 6.07) is 5.24. The molecule has 0 aliphatic heterocycles. The summed E-state index contributed by atoms with van der Waals surface area (Å²) in [6.07, 6.45) is 0. The van der Waals surface area contributed by atoms with Crippen molar-refractivity contribution in [1.29, 1.82) is 0 Å².